The standard InChI is InChI=1S/C13H18ClNO2/c1-13(9-16,10-5-6-17-8-10)15-12-4-2-3-11(14)7-12/h2-4,7,10,15-16H,5-6,8-9H2,1H3. The Hall–Kier alpha value is -0.770. The van der Waals surface area contributed by atoms with Gasteiger partial charge in [-0.3, -0.25) is 0 Å². The van der Waals surface area contributed by atoms with Gasteiger partial charge in [0.25, 0.3) is 0 Å². The van der Waals surface area contributed by atoms with Crippen molar-refractivity contribution in [3.8, 4) is 0 Å². The normalized spacial score (nSPS) is 23.4. The molecule has 1 saturated heterocycles. The highest BCUT2D eigenvalue weighted by molar-refractivity contribution is 6.30. The van der Waals surface area contributed by atoms with Crippen LogP contribution in [0.15, 0.2) is 24.3 Å². The molecule has 1 aromatic carbocycles. The summed E-state index contributed by atoms with van der Waals surface area (Å²) in [7, 11) is 0. The summed E-state index contributed by atoms with van der Waals surface area (Å²) in [5.74, 6) is 0.325. The Morgan fingerprint density at radius 3 is 3.00 bits per heavy atom. The van der Waals surface area contributed by atoms with Crippen LogP contribution in [-0.2, 0) is 4.74 Å². The molecule has 0 aliphatic carbocycles. The number of hydrogen-bond donors (Lipinski definition) is 2. The number of aliphatic hydroxyl groups is 1. The van der Waals surface area contributed by atoms with Gasteiger partial charge in [0.15, 0.2) is 0 Å². The van der Waals surface area contributed by atoms with Crippen molar-refractivity contribution in [2.45, 2.75) is 18.9 Å². The molecule has 0 aromatic heterocycles. The van der Waals surface area contributed by atoms with E-state index in [4.69, 9.17) is 16.3 Å². The van der Waals surface area contributed by atoms with Gasteiger partial charge in [0.05, 0.1) is 18.8 Å². The van der Waals surface area contributed by atoms with Crippen molar-refractivity contribution in [1.82, 2.24) is 0 Å². The maximum atomic E-state index is 9.63. The molecule has 1 aliphatic heterocycles. The van der Waals surface area contributed by atoms with Crippen molar-refractivity contribution in [2.24, 2.45) is 5.92 Å². The van der Waals surface area contributed by atoms with Crippen molar-refractivity contribution in [3.63, 3.8) is 0 Å². The first kappa shape index (κ1) is 12.7. The van der Waals surface area contributed by atoms with Gasteiger partial charge in [-0.2, -0.15) is 0 Å². The Morgan fingerprint density at radius 2 is 2.41 bits per heavy atom. The van der Waals surface area contributed by atoms with E-state index in [0.29, 0.717) is 17.5 Å². The highest BCUT2D eigenvalue weighted by atomic mass is 35.5. The van der Waals surface area contributed by atoms with Gasteiger partial charge in [-0.15, -0.1) is 0 Å². The quantitative estimate of drug-likeness (QED) is 0.869. The molecule has 1 aliphatic rings. The van der Waals surface area contributed by atoms with Gasteiger partial charge in [0, 0.05) is 23.2 Å². The second-order valence-electron chi connectivity index (χ2n) is 4.77. The van der Waals surface area contributed by atoms with Gasteiger partial charge < -0.3 is 15.2 Å². The molecule has 2 atom stereocenters. The predicted molar refractivity (Wildman–Crippen MR) is 69.5 cm³/mol. The Balaban J connectivity index is 2.13. The highest BCUT2D eigenvalue weighted by Crippen LogP contribution is 2.30. The summed E-state index contributed by atoms with van der Waals surface area (Å²) in [6.45, 7) is 3.57. The SMILES string of the molecule is CC(CO)(Nc1cccc(Cl)c1)C1CCOC1. The van der Waals surface area contributed by atoms with Gasteiger partial charge >= 0.3 is 0 Å². The zero-order chi connectivity index (χ0) is 12.3. The molecule has 17 heavy (non-hydrogen) atoms. The molecule has 1 aromatic rings. The second kappa shape index (κ2) is 5.25. The largest absolute Gasteiger partial charge is 0.394 e. The molecule has 0 amide bonds. The monoisotopic (exact) mass is 255 g/mol. The lowest BCUT2D eigenvalue weighted by molar-refractivity contribution is 0.137. The number of hydrogen-bond acceptors (Lipinski definition) is 3. The maximum absolute atomic E-state index is 9.63. The van der Waals surface area contributed by atoms with E-state index in [9.17, 15) is 5.11 Å². The molecular weight excluding hydrogens is 238 g/mol. The summed E-state index contributed by atoms with van der Waals surface area (Å²) in [5, 5.41) is 13.7. The van der Waals surface area contributed by atoms with Crippen molar-refractivity contribution in [2.75, 3.05) is 25.1 Å². The Kier molecular flexibility index (Phi) is 3.92. The van der Waals surface area contributed by atoms with Gasteiger partial charge in [-0.25, -0.2) is 0 Å². The molecule has 1 fully saturated rings. The summed E-state index contributed by atoms with van der Waals surface area (Å²) >= 11 is 5.95. The first-order valence-corrected chi connectivity index (χ1v) is 6.24. The minimum Gasteiger partial charge on any atom is -0.394 e. The minimum absolute atomic E-state index is 0.0769. The number of anilines is 1. The smallest absolute Gasteiger partial charge is 0.0662 e. The Bertz CT molecular complexity index is 379. The molecule has 1 heterocycles. The summed E-state index contributed by atoms with van der Waals surface area (Å²) in [6, 6.07) is 7.55. The van der Waals surface area contributed by atoms with Gasteiger partial charge in [0.2, 0.25) is 0 Å². The van der Waals surface area contributed by atoms with E-state index in [0.717, 1.165) is 18.7 Å². The van der Waals surface area contributed by atoms with E-state index in [1.807, 2.05) is 31.2 Å². The van der Waals surface area contributed by atoms with Crippen molar-refractivity contribution >= 4 is 17.3 Å². The van der Waals surface area contributed by atoms with E-state index >= 15 is 0 Å². The van der Waals surface area contributed by atoms with Crippen molar-refractivity contribution < 1.29 is 9.84 Å². The van der Waals surface area contributed by atoms with E-state index in [2.05, 4.69) is 5.32 Å². The molecule has 0 radical (unpaired) electrons. The zero-order valence-electron chi connectivity index (χ0n) is 9.95. The summed E-state index contributed by atoms with van der Waals surface area (Å²) < 4.78 is 5.39. The zero-order valence-corrected chi connectivity index (χ0v) is 10.7. The second-order valence-corrected chi connectivity index (χ2v) is 5.21. The molecule has 94 valence electrons. The minimum atomic E-state index is -0.360. The van der Waals surface area contributed by atoms with Crippen LogP contribution in [-0.4, -0.2) is 30.5 Å². The van der Waals surface area contributed by atoms with Crippen LogP contribution in [0.25, 0.3) is 0 Å². The van der Waals surface area contributed by atoms with Crippen LogP contribution in [0.1, 0.15) is 13.3 Å². The van der Waals surface area contributed by atoms with E-state index in [-0.39, 0.29) is 12.1 Å². The average molecular weight is 256 g/mol. The van der Waals surface area contributed by atoms with Gasteiger partial charge in [0.1, 0.15) is 0 Å². The number of benzene rings is 1. The first-order chi connectivity index (χ1) is 8.14. The maximum Gasteiger partial charge on any atom is 0.0662 e. The summed E-state index contributed by atoms with van der Waals surface area (Å²) in [6.07, 6.45) is 0.977. The molecule has 3 nitrogen and oxygen atoms in total. The lowest BCUT2D eigenvalue weighted by atomic mass is 9.85. The molecule has 2 unspecified atom stereocenters. The van der Waals surface area contributed by atoms with Crippen LogP contribution in [0, 0.1) is 5.92 Å². The molecule has 0 bridgehead atoms. The molecule has 0 saturated carbocycles. The average Bonchev–Trinajstić information content (AvgIpc) is 2.83. The van der Waals surface area contributed by atoms with Crippen LogP contribution in [0.4, 0.5) is 5.69 Å². The fraction of sp³-hybridized carbons (Fsp3) is 0.538. The fourth-order valence-electron chi connectivity index (χ4n) is 2.20. The Labute approximate surface area is 107 Å². The van der Waals surface area contributed by atoms with Gasteiger partial charge in [-0.1, -0.05) is 17.7 Å². The summed E-state index contributed by atoms with van der Waals surface area (Å²) in [5.41, 5.74) is 0.571. The summed E-state index contributed by atoms with van der Waals surface area (Å²) in [4.78, 5) is 0. The number of rotatable bonds is 4. The van der Waals surface area contributed by atoms with Crippen LogP contribution < -0.4 is 5.32 Å². The third-order valence-corrected chi connectivity index (χ3v) is 3.65. The highest BCUT2D eigenvalue weighted by Gasteiger charge is 2.36. The predicted octanol–water partition coefficient (Wildman–Crippen LogP) is 2.54. The van der Waals surface area contributed by atoms with Crippen molar-refractivity contribution in [1.29, 1.82) is 0 Å². The van der Waals surface area contributed by atoms with Crippen LogP contribution in [0.3, 0.4) is 0 Å². The lowest BCUT2D eigenvalue weighted by Gasteiger charge is -2.35. The third-order valence-electron chi connectivity index (χ3n) is 3.41. The lowest BCUT2D eigenvalue weighted by Crippen LogP contribution is -2.46. The Morgan fingerprint density at radius 1 is 1.59 bits per heavy atom. The first-order valence-electron chi connectivity index (χ1n) is 5.86. The molecule has 2 rings (SSSR count). The molecule has 0 spiro atoms. The molecular formula is C13H18ClNO2. The van der Waals surface area contributed by atoms with Gasteiger partial charge in [-0.05, 0) is 31.5 Å². The molecule has 2 N–H and O–H groups in total. The third kappa shape index (κ3) is 2.92. The van der Waals surface area contributed by atoms with Crippen LogP contribution >= 0.6 is 11.6 Å². The topological polar surface area (TPSA) is 41.5 Å². The van der Waals surface area contributed by atoms with E-state index in [1.165, 1.54) is 0 Å². The van der Waals surface area contributed by atoms with E-state index in [1.54, 1.807) is 0 Å². The van der Waals surface area contributed by atoms with Crippen molar-refractivity contribution in [3.05, 3.63) is 29.3 Å². The van der Waals surface area contributed by atoms with Crippen LogP contribution in [0.2, 0.25) is 5.02 Å². The molecule has 4 heteroatoms. The van der Waals surface area contributed by atoms with Crippen LogP contribution in [0.5, 0.6) is 0 Å². The number of aliphatic hydroxyl groups excluding tert-OH is 1. The number of halogens is 1. The van der Waals surface area contributed by atoms with E-state index < -0.39 is 0 Å². The number of nitrogens with one attached hydrogen (secondary N) is 1. The fourth-order valence-corrected chi connectivity index (χ4v) is 2.39. The number of ether oxygens (including phenoxy) is 1.